The van der Waals surface area contributed by atoms with Gasteiger partial charge in [-0.3, -0.25) is 80.9 Å². The van der Waals surface area contributed by atoms with Crippen molar-refractivity contribution in [3.63, 3.8) is 0 Å². The Morgan fingerprint density at radius 3 is 0.347 bits per heavy atom. The van der Waals surface area contributed by atoms with Gasteiger partial charge >= 0.3 is 0 Å². The number of non-ortho nitro benzene ring substituents is 8. The lowest BCUT2D eigenvalue weighted by molar-refractivity contribution is -0.668. The molecule has 0 spiro atoms. The maximum absolute atomic E-state index is 10.7. The van der Waals surface area contributed by atoms with Gasteiger partial charge in [0, 0.05) is 97.1 Å². The predicted octanol–water partition coefficient (Wildman–Crippen LogP) is 12.3. The molecule has 8 heterocycles. The van der Waals surface area contributed by atoms with Crippen LogP contribution in [0.4, 0.5) is 62.8 Å². The highest BCUT2D eigenvalue weighted by molar-refractivity contribution is 6.38. The molecule has 0 aliphatic carbocycles. The summed E-state index contributed by atoms with van der Waals surface area (Å²) in [5.41, 5.74) is 6.90. The highest BCUT2D eigenvalue weighted by atomic mass is 35.5. The van der Waals surface area contributed by atoms with E-state index in [4.69, 9.17) is 133 Å². The molecule has 8 aromatic carbocycles. The summed E-state index contributed by atoms with van der Waals surface area (Å²) in [5.74, 6) is 0. The van der Waals surface area contributed by atoms with Gasteiger partial charge in [0.15, 0.2) is 49.6 Å². The van der Waals surface area contributed by atoms with Crippen LogP contribution in [0.3, 0.4) is 0 Å². The van der Waals surface area contributed by atoms with E-state index in [1.165, 1.54) is 48.5 Å². The topological polar surface area (TPSA) is 561 Å². The van der Waals surface area contributed by atoms with E-state index < -0.39 is 69.0 Å². The molecule has 0 saturated heterocycles. The maximum atomic E-state index is 10.7. The van der Waals surface area contributed by atoms with E-state index in [9.17, 15) is 98.2 Å². The van der Waals surface area contributed by atoms with Gasteiger partial charge in [-0.25, -0.2) is 0 Å². The number of hydrogen-bond donors (Lipinski definition) is 0. The molecule has 0 unspecified atom stereocenters. The van der Waals surface area contributed by atoms with E-state index in [-0.39, 0.29) is 45.5 Å². The molecule has 0 radical (unpaired) electrons. The van der Waals surface area contributed by atoms with Crippen LogP contribution in [0.15, 0.2) is 244 Å². The summed E-state index contributed by atoms with van der Waals surface area (Å²) in [5, 5.41) is 163. The first-order chi connectivity index (χ1) is 68.0. The number of nitro benzene ring substituents is 8. The largest absolute Gasteiger partial charge is 0.867 e. The molecule has 0 fully saturated rings. The summed E-state index contributed by atoms with van der Waals surface area (Å²) in [6.07, 6.45) is 14.6. The van der Waals surface area contributed by atoms with E-state index in [2.05, 4.69) is 0 Å². The number of rotatable bonds is 16. The Morgan fingerprint density at radius 1 is 0.194 bits per heavy atom. The average Bonchev–Trinajstić information content (AvgIpc) is 0.839. The number of aromatic nitrogens is 8. The van der Waals surface area contributed by atoms with Crippen LogP contribution in [0.2, 0.25) is 40.2 Å². The minimum absolute atomic E-state index is 0.0805. The van der Waals surface area contributed by atoms with Gasteiger partial charge in [-0.2, -0.15) is 36.5 Å². The lowest BCUT2D eigenvalue weighted by Crippen LogP contribution is -2.39. The molecule has 0 bridgehead atoms. The number of nitrogens with zero attached hydrogens (tertiary/aromatic N) is 16. The Hall–Kier alpha value is -13.8. The van der Waals surface area contributed by atoms with E-state index in [0.29, 0.717) is 40.2 Å². The Morgan fingerprint density at radius 2 is 0.278 bits per heavy atom. The fraction of sp³-hybridized carbons (Fsp3) is 0.182. The zero-order chi connectivity index (χ0) is 108. The SMILES string of the molecule is CC[n+]1ccc(Cl)c2ccc([N+](=O)[O-])cc21.CC[n+]1ccc(Cl)c2ccc([N+](=O)[O-])cc21.CC[n+]1ccc(Cl)c2ccc([N+](=O)[O-])cc21.CC[n+]1ccc(Cl)c2ccc([N+](=O)[O-])cc21.CC[n+]1ccc(Cl)c2ccc([N+](=O)[O-])cc21.CC[n+]1ccc(Cl)c2ccc([N+](=O)[O-])cc21.CC[n+]1ccc(Cl)c2ccc([N+](=O)[O-])cc21.CC[n+]1ccc(Cl)c2ccc([N+](=O)[O-])cc21.[O-]B([O-])F.[O-]B([O-])F.[O-]B([O-])F.[O-]B([O-])F. The minimum Gasteiger partial charge on any atom is -0.867 e. The first-order valence-electron chi connectivity index (χ1n) is 41.9. The Kier molecular flexibility index (Phi) is 49.2. The normalized spacial score (nSPS) is 10.2. The Balaban J connectivity index is 0.000000283. The molecule has 0 N–H and O–H groups in total. The molecular weight excluding hydrogens is 2070 g/mol. The van der Waals surface area contributed by atoms with Gasteiger partial charge in [-0.15, -0.1) is 0 Å². The molecule has 0 amide bonds. The van der Waals surface area contributed by atoms with Crippen molar-refractivity contribution in [2.45, 2.75) is 108 Å². The molecular formula is C88H80B4Cl8F4N16O24. The second-order valence-electron chi connectivity index (χ2n) is 28.4. The van der Waals surface area contributed by atoms with E-state index in [1.54, 1.807) is 146 Å². The molecule has 0 aliphatic rings. The van der Waals surface area contributed by atoms with Crippen molar-refractivity contribution in [1.29, 1.82) is 0 Å². The van der Waals surface area contributed by atoms with Crippen LogP contribution >= 0.6 is 92.8 Å². The first kappa shape index (κ1) is 121. The van der Waals surface area contributed by atoms with Gasteiger partial charge in [-0.1, -0.05) is 92.8 Å². The van der Waals surface area contributed by atoms with Gasteiger partial charge in [0.25, 0.3) is 45.5 Å². The van der Waals surface area contributed by atoms with Crippen molar-refractivity contribution in [1.82, 2.24) is 0 Å². The van der Waals surface area contributed by atoms with Gasteiger partial charge in [0.2, 0.25) is 44.1 Å². The van der Waals surface area contributed by atoms with E-state index in [0.717, 1.165) is 140 Å². The summed E-state index contributed by atoms with van der Waals surface area (Å²) in [7, 11) is -12.7. The molecule has 144 heavy (non-hydrogen) atoms. The molecule has 16 aromatic rings. The third-order valence-electron chi connectivity index (χ3n) is 20.0. The van der Waals surface area contributed by atoms with Crippen molar-refractivity contribution in [3.8, 4) is 0 Å². The molecule has 40 nitrogen and oxygen atoms in total. The Labute approximate surface area is 855 Å². The predicted molar refractivity (Wildman–Crippen MR) is 519 cm³/mol. The summed E-state index contributed by atoms with van der Waals surface area (Å²) < 4.78 is 55.0. The highest BCUT2D eigenvalue weighted by Crippen LogP contribution is 2.33. The van der Waals surface area contributed by atoms with Crippen LogP contribution in [0.25, 0.3) is 87.2 Å². The fourth-order valence-electron chi connectivity index (χ4n) is 13.4. The fourth-order valence-corrected chi connectivity index (χ4v) is 15.1. The lowest BCUT2D eigenvalue weighted by Gasteiger charge is -2.09. The summed E-state index contributed by atoms with van der Waals surface area (Å²) in [6, 6.07) is 51.9. The number of halogens is 12. The van der Waals surface area contributed by atoms with Crippen LogP contribution in [0, 0.1) is 80.9 Å². The minimum atomic E-state index is -3.17. The number of benzene rings is 8. The molecule has 752 valence electrons. The third-order valence-corrected chi connectivity index (χ3v) is 22.6. The molecule has 0 saturated carbocycles. The zero-order valence-corrected chi connectivity index (χ0v) is 82.6. The molecule has 8 aromatic heterocycles. The van der Waals surface area contributed by atoms with Gasteiger partial charge in [0.05, 0.1) is 171 Å². The number of hydrogen-bond acceptors (Lipinski definition) is 24. The summed E-state index contributed by atoms with van der Waals surface area (Å²) >= 11 is 48.3. The first-order valence-corrected chi connectivity index (χ1v) is 44.9. The summed E-state index contributed by atoms with van der Waals surface area (Å²) in [4.78, 5) is 82.3. The standard InChI is InChI=1S/8C11H10ClN2O2.4BFO2/c8*1-2-13-6-5-10(12)9-4-3-8(14(15)16)7-11(9)13;4*2-1(3)4/h8*3-7H,2H2,1H3;;;;/q8*+1;4*-2. The Bertz CT molecular complexity index is 6070. The number of pyridine rings is 8. The van der Waals surface area contributed by atoms with Crippen LogP contribution in [0.5, 0.6) is 0 Å². The second-order valence-corrected chi connectivity index (χ2v) is 31.6. The van der Waals surface area contributed by atoms with Crippen molar-refractivity contribution in [2.24, 2.45) is 0 Å². The van der Waals surface area contributed by atoms with Gasteiger partial charge < -0.3 is 57.5 Å². The second kappa shape index (κ2) is 58.7. The lowest BCUT2D eigenvalue weighted by atomic mass is 10.2. The van der Waals surface area contributed by atoms with Crippen molar-refractivity contribution in [3.05, 3.63) is 365 Å². The van der Waals surface area contributed by atoms with Crippen LogP contribution in [-0.4, -0.2) is 69.0 Å². The van der Waals surface area contributed by atoms with Crippen LogP contribution < -0.4 is 76.7 Å². The smallest absolute Gasteiger partial charge is 0.276 e. The molecule has 56 heteroatoms. The number of aryl methyl sites for hydroxylation is 8. The highest BCUT2D eigenvalue weighted by Gasteiger charge is 2.25. The van der Waals surface area contributed by atoms with Crippen molar-refractivity contribution < 1.29 is 133 Å². The quantitative estimate of drug-likeness (QED) is 0.0285. The molecule has 0 aliphatic heterocycles. The van der Waals surface area contributed by atoms with E-state index >= 15 is 0 Å². The molecule has 16 rings (SSSR count). The third kappa shape index (κ3) is 35.4. The van der Waals surface area contributed by atoms with Crippen LogP contribution in [-0.2, 0) is 52.4 Å². The van der Waals surface area contributed by atoms with Gasteiger partial charge in [0.1, 0.15) is 81.9 Å². The zero-order valence-electron chi connectivity index (χ0n) is 76.5. The summed E-state index contributed by atoms with van der Waals surface area (Å²) in [6.45, 7) is 21.8. The maximum Gasteiger partial charge on any atom is 0.276 e. The van der Waals surface area contributed by atoms with Crippen molar-refractivity contribution >= 4 is 255 Å². The number of nitro groups is 8. The van der Waals surface area contributed by atoms with Crippen molar-refractivity contribution in [2.75, 3.05) is 0 Å². The molecule has 0 atom stereocenters. The van der Waals surface area contributed by atoms with E-state index in [1.807, 2.05) is 142 Å². The van der Waals surface area contributed by atoms with Crippen LogP contribution in [0.1, 0.15) is 55.4 Å². The monoisotopic (exact) mass is 2140 g/mol. The average molecular weight is 2150 g/mol. The number of fused-ring (bicyclic) bond motifs is 8. The van der Waals surface area contributed by atoms with Gasteiger partial charge in [-0.05, 0) is 104 Å².